The minimum absolute atomic E-state index is 0.0781. The molecule has 1 atom stereocenters. The summed E-state index contributed by atoms with van der Waals surface area (Å²) in [4.78, 5) is 15.0. The van der Waals surface area contributed by atoms with Crippen LogP contribution in [-0.4, -0.2) is 36.6 Å². The summed E-state index contributed by atoms with van der Waals surface area (Å²) in [6.07, 6.45) is 0.190. The Morgan fingerprint density at radius 2 is 1.67 bits per heavy atom. The number of rotatable bonds is 7. The van der Waals surface area contributed by atoms with Crippen LogP contribution in [0.4, 0.5) is 5.69 Å². The van der Waals surface area contributed by atoms with E-state index in [9.17, 15) is 4.79 Å². The molecular weight excluding hydrogens is 376 g/mol. The van der Waals surface area contributed by atoms with Crippen molar-refractivity contribution in [2.45, 2.75) is 19.1 Å². The molecule has 0 aliphatic carbocycles. The Kier molecular flexibility index (Phi) is 6.75. The van der Waals surface area contributed by atoms with E-state index in [-0.39, 0.29) is 12.0 Å². The van der Waals surface area contributed by atoms with Crippen LogP contribution in [0, 0.1) is 0 Å². The molecule has 1 N–H and O–H groups in total. The van der Waals surface area contributed by atoms with Gasteiger partial charge >= 0.3 is 0 Å². The van der Waals surface area contributed by atoms with Gasteiger partial charge in [0.1, 0.15) is 5.75 Å². The predicted octanol–water partition coefficient (Wildman–Crippen LogP) is 4.71. The number of morpholine rings is 1. The highest BCUT2D eigenvalue weighted by Crippen LogP contribution is 2.29. The molecule has 1 amide bonds. The second kappa shape index (κ2) is 10.1. The van der Waals surface area contributed by atoms with Crippen molar-refractivity contribution < 1.29 is 14.3 Å². The van der Waals surface area contributed by atoms with Gasteiger partial charge in [-0.1, -0.05) is 60.7 Å². The third kappa shape index (κ3) is 5.69. The van der Waals surface area contributed by atoms with E-state index in [0.717, 1.165) is 25.4 Å². The number of benzene rings is 3. The van der Waals surface area contributed by atoms with Crippen LogP contribution in [0.1, 0.15) is 12.0 Å². The van der Waals surface area contributed by atoms with Crippen molar-refractivity contribution in [1.29, 1.82) is 0 Å². The summed E-state index contributed by atoms with van der Waals surface area (Å²) in [6.45, 7) is 3.12. The summed E-state index contributed by atoms with van der Waals surface area (Å²) in [6, 6.07) is 27.4. The fourth-order valence-corrected chi connectivity index (χ4v) is 3.57. The molecule has 3 aromatic carbocycles. The van der Waals surface area contributed by atoms with E-state index >= 15 is 0 Å². The largest absolute Gasteiger partial charge is 0.455 e. The Morgan fingerprint density at radius 1 is 0.967 bits per heavy atom. The fourth-order valence-electron chi connectivity index (χ4n) is 3.57. The van der Waals surface area contributed by atoms with E-state index in [2.05, 4.69) is 34.5 Å². The number of ether oxygens (including phenoxy) is 2. The molecule has 4 rings (SSSR count). The molecular formula is C25H26N2O3. The molecule has 30 heavy (non-hydrogen) atoms. The van der Waals surface area contributed by atoms with Crippen molar-refractivity contribution in [3.8, 4) is 11.5 Å². The summed E-state index contributed by atoms with van der Waals surface area (Å²) < 4.78 is 11.8. The molecule has 1 aliphatic heterocycles. The summed E-state index contributed by atoms with van der Waals surface area (Å²) in [5.41, 5.74) is 1.93. The highest BCUT2D eigenvalue weighted by Gasteiger charge is 2.23. The van der Waals surface area contributed by atoms with E-state index in [0.29, 0.717) is 24.5 Å². The monoisotopic (exact) mass is 402 g/mol. The van der Waals surface area contributed by atoms with Crippen molar-refractivity contribution in [3.63, 3.8) is 0 Å². The van der Waals surface area contributed by atoms with E-state index in [1.54, 1.807) is 0 Å². The predicted molar refractivity (Wildman–Crippen MR) is 118 cm³/mol. The number of hydrogen-bond acceptors (Lipinski definition) is 4. The maximum absolute atomic E-state index is 12.7. The van der Waals surface area contributed by atoms with Crippen LogP contribution in [0.2, 0.25) is 0 Å². The Hall–Kier alpha value is -3.15. The highest BCUT2D eigenvalue weighted by atomic mass is 16.5. The van der Waals surface area contributed by atoms with Crippen molar-refractivity contribution in [1.82, 2.24) is 4.90 Å². The van der Waals surface area contributed by atoms with Gasteiger partial charge in [-0.15, -0.1) is 0 Å². The number of carbonyl (C=O) groups is 1. The van der Waals surface area contributed by atoms with Gasteiger partial charge in [0.25, 0.3) is 0 Å². The van der Waals surface area contributed by atoms with E-state index in [4.69, 9.17) is 9.47 Å². The van der Waals surface area contributed by atoms with Gasteiger partial charge in [0.2, 0.25) is 5.91 Å². The molecule has 3 aromatic rings. The minimum Gasteiger partial charge on any atom is -0.455 e. The molecule has 5 heteroatoms. The van der Waals surface area contributed by atoms with Crippen molar-refractivity contribution in [2.24, 2.45) is 0 Å². The van der Waals surface area contributed by atoms with Crippen LogP contribution >= 0.6 is 0 Å². The Labute approximate surface area is 177 Å². The second-order valence-corrected chi connectivity index (χ2v) is 7.38. The molecule has 0 aromatic heterocycles. The molecule has 0 bridgehead atoms. The van der Waals surface area contributed by atoms with Crippen LogP contribution in [0.25, 0.3) is 0 Å². The molecule has 5 nitrogen and oxygen atoms in total. The standard InChI is InChI=1S/C25H26N2O3/c28-25(17-22-19-27(15-16-29-22)18-20-9-3-1-4-10-20)26-23-13-7-8-14-24(23)30-21-11-5-2-6-12-21/h1-14,22H,15-19H2,(H,26,28). The molecule has 0 radical (unpaired) electrons. The molecule has 0 spiro atoms. The van der Waals surface area contributed by atoms with E-state index in [1.807, 2.05) is 60.7 Å². The molecule has 1 fully saturated rings. The van der Waals surface area contributed by atoms with Crippen LogP contribution in [0.5, 0.6) is 11.5 Å². The van der Waals surface area contributed by atoms with E-state index in [1.165, 1.54) is 5.56 Å². The zero-order chi connectivity index (χ0) is 20.6. The first-order valence-corrected chi connectivity index (χ1v) is 10.3. The summed E-state index contributed by atoms with van der Waals surface area (Å²) >= 11 is 0. The number of carbonyl (C=O) groups excluding carboxylic acids is 1. The first kappa shape index (κ1) is 20.1. The van der Waals surface area contributed by atoms with Crippen LogP contribution < -0.4 is 10.1 Å². The Balaban J connectivity index is 1.33. The average molecular weight is 402 g/mol. The molecule has 154 valence electrons. The Morgan fingerprint density at radius 3 is 2.47 bits per heavy atom. The first-order valence-electron chi connectivity index (χ1n) is 10.3. The molecule has 1 heterocycles. The number of nitrogens with one attached hydrogen (secondary N) is 1. The van der Waals surface area contributed by atoms with Gasteiger partial charge in [-0.3, -0.25) is 9.69 Å². The number of hydrogen-bond donors (Lipinski definition) is 1. The minimum atomic E-state index is -0.121. The third-order valence-corrected chi connectivity index (χ3v) is 5.02. The second-order valence-electron chi connectivity index (χ2n) is 7.38. The average Bonchev–Trinajstić information content (AvgIpc) is 2.77. The summed E-state index contributed by atoms with van der Waals surface area (Å²) in [5.74, 6) is 1.27. The maximum atomic E-state index is 12.7. The normalized spacial score (nSPS) is 16.7. The van der Waals surface area contributed by atoms with Gasteiger partial charge in [0.05, 0.1) is 24.8 Å². The Bertz CT molecular complexity index is 947. The van der Waals surface area contributed by atoms with Crippen molar-refractivity contribution >= 4 is 11.6 Å². The summed E-state index contributed by atoms with van der Waals surface area (Å²) in [5, 5.41) is 2.98. The smallest absolute Gasteiger partial charge is 0.227 e. The molecule has 1 unspecified atom stereocenters. The lowest BCUT2D eigenvalue weighted by Gasteiger charge is -2.32. The quantitative estimate of drug-likeness (QED) is 0.622. The fraction of sp³-hybridized carbons (Fsp3) is 0.240. The maximum Gasteiger partial charge on any atom is 0.227 e. The van der Waals surface area contributed by atoms with E-state index < -0.39 is 0 Å². The lowest BCUT2D eigenvalue weighted by Crippen LogP contribution is -2.43. The molecule has 1 aliphatic rings. The number of nitrogens with zero attached hydrogens (tertiary/aromatic N) is 1. The topological polar surface area (TPSA) is 50.8 Å². The van der Waals surface area contributed by atoms with Crippen LogP contribution in [-0.2, 0) is 16.1 Å². The van der Waals surface area contributed by atoms with Gasteiger partial charge in [0.15, 0.2) is 5.75 Å². The van der Waals surface area contributed by atoms with Gasteiger partial charge in [-0.05, 0) is 29.8 Å². The summed E-state index contributed by atoms with van der Waals surface area (Å²) in [7, 11) is 0. The number of para-hydroxylation sites is 3. The first-order chi connectivity index (χ1) is 14.8. The highest BCUT2D eigenvalue weighted by molar-refractivity contribution is 5.92. The lowest BCUT2D eigenvalue weighted by molar-refractivity contribution is -0.121. The van der Waals surface area contributed by atoms with Crippen molar-refractivity contribution in [2.75, 3.05) is 25.0 Å². The van der Waals surface area contributed by atoms with Gasteiger partial charge in [-0.2, -0.15) is 0 Å². The SMILES string of the molecule is O=C(CC1CN(Cc2ccccc2)CCO1)Nc1ccccc1Oc1ccccc1. The molecule has 1 saturated heterocycles. The van der Waals surface area contributed by atoms with Gasteiger partial charge in [-0.25, -0.2) is 0 Å². The lowest BCUT2D eigenvalue weighted by atomic mass is 10.1. The van der Waals surface area contributed by atoms with Crippen LogP contribution in [0.3, 0.4) is 0 Å². The third-order valence-electron chi connectivity index (χ3n) is 5.02. The van der Waals surface area contributed by atoms with Gasteiger partial charge < -0.3 is 14.8 Å². The number of amides is 1. The van der Waals surface area contributed by atoms with Crippen molar-refractivity contribution in [3.05, 3.63) is 90.5 Å². The van der Waals surface area contributed by atoms with Gasteiger partial charge in [0, 0.05) is 19.6 Å². The molecule has 0 saturated carbocycles. The van der Waals surface area contributed by atoms with Crippen LogP contribution in [0.15, 0.2) is 84.9 Å². The zero-order valence-corrected chi connectivity index (χ0v) is 16.9. The zero-order valence-electron chi connectivity index (χ0n) is 16.9. The number of anilines is 1.